The Kier molecular flexibility index (Phi) is 2.31. The molecule has 1 aliphatic rings. The fraction of sp³-hybridized carbons (Fsp3) is 0.333. The minimum Gasteiger partial charge on any atom is -0.383 e. The number of benzene rings is 1. The van der Waals surface area contributed by atoms with Gasteiger partial charge in [-0.25, -0.2) is 0 Å². The predicted octanol–water partition coefficient (Wildman–Crippen LogP) is 2.27. The molecule has 0 unspecified atom stereocenters. The van der Waals surface area contributed by atoms with Gasteiger partial charge in [-0.15, -0.1) is 0 Å². The van der Waals surface area contributed by atoms with Crippen LogP contribution in [0.3, 0.4) is 0 Å². The zero-order valence-electron chi connectivity index (χ0n) is 8.33. The molecule has 1 aromatic carbocycles. The fourth-order valence-electron chi connectivity index (χ4n) is 1.41. The maximum atomic E-state index is 8.88. The van der Waals surface area contributed by atoms with Gasteiger partial charge in [-0.1, -0.05) is 0 Å². The van der Waals surface area contributed by atoms with Crippen molar-refractivity contribution in [3.8, 4) is 12.1 Å². The van der Waals surface area contributed by atoms with E-state index in [-0.39, 0.29) is 5.41 Å². The van der Waals surface area contributed by atoms with Crippen LogP contribution >= 0.6 is 0 Å². The van der Waals surface area contributed by atoms with E-state index in [9.17, 15) is 0 Å². The Labute approximate surface area is 89.0 Å². The van der Waals surface area contributed by atoms with Crippen LogP contribution in [0.25, 0.3) is 0 Å². The first kappa shape index (κ1) is 9.55. The van der Waals surface area contributed by atoms with Gasteiger partial charge in [-0.3, -0.25) is 0 Å². The summed E-state index contributed by atoms with van der Waals surface area (Å²) in [5.41, 5.74) is 1.49. The number of anilines is 1. The summed E-state index contributed by atoms with van der Waals surface area (Å²) in [6, 6.07) is 11.7. The fourth-order valence-corrected chi connectivity index (χ4v) is 1.41. The largest absolute Gasteiger partial charge is 0.383 e. The standard InChI is InChI=1S/C12H11N3/c13-7-10-1-3-11(4-2-10)15-9-12(8-14)5-6-12/h1-4,15H,5-6,9H2. The summed E-state index contributed by atoms with van der Waals surface area (Å²) in [6.07, 6.45) is 1.99. The summed E-state index contributed by atoms with van der Waals surface area (Å²) in [4.78, 5) is 0. The third kappa shape index (κ3) is 2.08. The molecule has 0 amide bonds. The van der Waals surface area contributed by atoms with Crippen molar-refractivity contribution in [2.24, 2.45) is 5.41 Å². The molecule has 0 atom stereocenters. The Morgan fingerprint density at radius 1 is 1.20 bits per heavy atom. The first-order valence-electron chi connectivity index (χ1n) is 4.93. The molecule has 3 nitrogen and oxygen atoms in total. The van der Waals surface area contributed by atoms with Crippen molar-refractivity contribution in [1.29, 1.82) is 10.5 Å². The summed E-state index contributed by atoms with van der Waals surface area (Å²) >= 11 is 0. The topological polar surface area (TPSA) is 59.6 Å². The maximum absolute atomic E-state index is 8.88. The highest BCUT2D eigenvalue weighted by Gasteiger charge is 2.42. The molecule has 1 aromatic rings. The maximum Gasteiger partial charge on any atom is 0.0991 e. The van der Waals surface area contributed by atoms with E-state index in [1.165, 1.54) is 0 Å². The minimum atomic E-state index is -0.131. The molecule has 3 heteroatoms. The first-order valence-corrected chi connectivity index (χ1v) is 4.93. The first-order chi connectivity index (χ1) is 7.28. The number of nitriles is 2. The number of hydrogen-bond donors (Lipinski definition) is 1. The minimum absolute atomic E-state index is 0.131. The van der Waals surface area contributed by atoms with E-state index >= 15 is 0 Å². The highest BCUT2D eigenvalue weighted by molar-refractivity contribution is 5.47. The summed E-state index contributed by atoms with van der Waals surface area (Å²) in [5.74, 6) is 0. The molecular weight excluding hydrogens is 186 g/mol. The van der Waals surface area contributed by atoms with Gasteiger partial charge in [-0.05, 0) is 37.1 Å². The van der Waals surface area contributed by atoms with Gasteiger partial charge >= 0.3 is 0 Å². The van der Waals surface area contributed by atoms with Crippen molar-refractivity contribution in [3.63, 3.8) is 0 Å². The van der Waals surface area contributed by atoms with Crippen LogP contribution in [0.5, 0.6) is 0 Å². The van der Waals surface area contributed by atoms with Gasteiger partial charge in [0.25, 0.3) is 0 Å². The molecule has 2 rings (SSSR count). The van der Waals surface area contributed by atoms with Crippen molar-refractivity contribution in [1.82, 2.24) is 0 Å². The van der Waals surface area contributed by atoms with E-state index in [1.54, 1.807) is 12.1 Å². The van der Waals surface area contributed by atoms with Crippen molar-refractivity contribution in [3.05, 3.63) is 29.8 Å². The second-order valence-electron chi connectivity index (χ2n) is 3.93. The van der Waals surface area contributed by atoms with Gasteiger partial charge in [-0.2, -0.15) is 10.5 Å². The van der Waals surface area contributed by atoms with Crippen LogP contribution < -0.4 is 5.32 Å². The van der Waals surface area contributed by atoms with Gasteiger partial charge in [0.05, 0.1) is 23.1 Å². The van der Waals surface area contributed by atoms with Gasteiger partial charge < -0.3 is 5.32 Å². The lowest BCUT2D eigenvalue weighted by molar-refractivity contribution is 0.711. The Bertz CT molecular complexity index is 429. The molecule has 1 fully saturated rings. The van der Waals surface area contributed by atoms with E-state index in [4.69, 9.17) is 10.5 Å². The Morgan fingerprint density at radius 3 is 2.33 bits per heavy atom. The van der Waals surface area contributed by atoms with E-state index in [0.29, 0.717) is 12.1 Å². The predicted molar refractivity (Wildman–Crippen MR) is 56.9 cm³/mol. The second kappa shape index (κ2) is 3.63. The van der Waals surface area contributed by atoms with Crippen LogP contribution in [-0.2, 0) is 0 Å². The van der Waals surface area contributed by atoms with Crippen molar-refractivity contribution >= 4 is 5.69 Å². The van der Waals surface area contributed by atoms with Crippen molar-refractivity contribution < 1.29 is 0 Å². The monoisotopic (exact) mass is 197 g/mol. The Morgan fingerprint density at radius 2 is 1.87 bits per heavy atom. The smallest absolute Gasteiger partial charge is 0.0991 e. The number of hydrogen-bond acceptors (Lipinski definition) is 3. The molecule has 1 N–H and O–H groups in total. The average molecular weight is 197 g/mol. The lowest BCUT2D eigenvalue weighted by Gasteiger charge is -2.08. The van der Waals surface area contributed by atoms with Crippen LogP contribution in [0.1, 0.15) is 18.4 Å². The number of nitrogens with one attached hydrogen (secondary N) is 1. The van der Waals surface area contributed by atoms with Gasteiger partial charge in [0.2, 0.25) is 0 Å². The molecule has 1 aliphatic carbocycles. The molecular formula is C12H11N3. The normalized spacial score (nSPS) is 16.1. The molecule has 0 heterocycles. The molecule has 0 aromatic heterocycles. The lowest BCUT2D eigenvalue weighted by atomic mass is 10.1. The third-order valence-electron chi connectivity index (χ3n) is 2.74. The summed E-state index contributed by atoms with van der Waals surface area (Å²) in [6.45, 7) is 0.704. The molecule has 0 aliphatic heterocycles. The van der Waals surface area contributed by atoms with Crippen LogP contribution in [0.4, 0.5) is 5.69 Å². The third-order valence-corrected chi connectivity index (χ3v) is 2.74. The molecule has 15 heavy (non-hydrogen) atoms. The number of nitrogens with zero attached hydrogens (tertiary/aromatic N) is 2. The lowest BCUT2D eigenvalue weighted by Crippen LogP contribution is -2.13. The molecule has 0 spiro atoms. The Hall–Kier alpha value is -2.00. The molecule has 0 bridgehead atoms. The zero-order chi connectivity index (χ0) is 10.7. The quantitative estimate of drug-likeness (QED) is 0.808. The Balaban J connectivity index is 1.95. The highest BCUT2D eigenvalue weighted by atomic mass is 14.9. The average Bonchev–Trinajstić information content (AvgIpc) is 3.08. The molecule has 0 radical (unpaired) electrons. The zero-order valence-corrected chi connectivity index (χ0v) is 8.33. The van der Waals surface area contributed by atoms with Crippen LogP contribution in [0, 0.1) is 28.1 Å². The number of rotatable bonds is 3. The molecule has 0 saturated heterocycles. The van der Waals surface area contributed by atoms with Gasteiger partial charge in [0.1, 0.15) is 0 Å². The van der Waals surface area contributed by atoms with E-state index in [2.05, 4.69) is 17.5 Å². The van der Waals surface area contributed by atoms with Gasteiger partial charge in [0.15, 0.2) is 0 Å². The summed E-state index contributed by atoms with van der Waals surface area (Å²) in [7, 11) is 0. The van der Waals surface area contributed by atoms with E-state index in [0.717, 1.165) is 18.5 Å². The summed E-state index contributed by atoms with van der Waals surface area (Å²) in [5, 5.41) is 20.7. The van der Waals surface area contributed by atoms with Crippen LogP contribution in [0.2, 0.25) is 0 Å². The highest BCUT2D eigenvalue weighted by Crippen LogP contribution is 2.44. The van der Waals surface area contributed by atoms with Crippen molar-refractivity contribution in [2.45, 2.75) is 12.8 Å². The SMILES string of the molecule is N#Cc1ccc(NCC2(C#N)CC2)cc1. The summed E-state index contributed by atoms with van der Waals surface area (Å²) < 4.78 is 0. The molecule has 74 valence electrons. The van der Waals surface area contributed by atoms with Gasteiger partial charge in [0, 0.05) is 12.2 Å². The molecule has 1 saturated carbocycles. The van der Waals surface area contributed by atoms with Crippen molar-refractivity contribution in [2.75, 3.05) is 11.9 Å². The van der Waals surface area contributed by atoms with E-state index < -0.39 is 0 Å². The van der Waals surface area contributed by atoms with E-state index in [1.807, 2.05) is 12.1 Å². The van der Waals surface area contributed by atoms with Crippen LogP contribution in [-0.4, -0.2) is 6.54 Å². The second-order valence-corrected chi connectivity index (χ2v) is 3.93. The van der Waals surface area contributed by atoms with Crippen LogP contribution in [0.15, 0.2) is 24.3 Å².